The van der Waals surface area contributed by atoms with E-state index in [9.17, 15) is 8.42 Å². The van der Waals surface area contributed by atoms with Gasteiger partial charge in [0.2, 0.25) is 5.95 Å². The monoisotopic (exact) mass is 366 g/mol. The summed E-state index contributed by atoms with van der Waals surface area (Å²) in [7, 11) is -3.75. The van der Waals surface area contributed by atoms with E-state index in [0.29, 0.717) is 16.9 Å². The summed E-state index contributed by atoms with van der Waals surface area (Å²) in [5.41, 5.74) is 8.06. The first kappa shape index (κ1) is 16.0. The van der Waals surface area contributed by atoms with E-state index in [1.165, 1.54) is 10.7 Å². The van der Waals surface area contributed by atoms with Gasteiger partial charge in [-0.25, -0.2) is 12.9 Å². The third-order valence-electron chi connectivity index (χ3n) is 3.73. The molecule has 8 nitrogen and oxygen atoms in total. The van der Waals surface area contributed by atoms with Gasteiger partial charge >= 0.3 is 0 Å². The Morgan fingerprint density at radius 3 is 2.62 bits per heavy atom. The molecule has 0 atom stereocenters. The maximum Gasteiger partial charge on any atom is 0.263 e. The van der Waals surface area contributed by atoms with Gasteiger partial charge in [0, 0.05) is 35.4 Å². The summed E-state index contributed by atoms with van der Waals surface area (Å²) >= 11 is 0. The van der Waals surface area contributed by atoms with Crippen LogP contribution in [0, 0.1) is 0 Å². The van der Waals surface area contributed by atoms with Gasteiger partial charge in [-0.15, -0.1) is 5.10 Å². The van der Waals surface area contributed by atoms with E-state index in [0.717, 1.165) is 5.56 Å². The summed E-state index contributed by atoms with van der Waals surface area (Å²) in [6.45, 7) is 0. The van der Waals surface area contributed by atoms with Gasteiger partial charge in [0.1, 0.15) is 4.90 Å². The molecule has 0 aliphatic carbocycles. The van der Waals surface area contributed by atoms with Crippen LogP contribution in [0.5, 0.6) is 0 Å². The van der Waals surface area contributed by atoms with Gasteiger partial charge in [0.05, 0.1) is 0 Å². The smallest absolute Gasteiger partial charge is 0.263 e. The predicted molar refractivity (Wildman–Crippen MR) is 97.9 cm³/mol. The second-order valence-electron chi connectivity index (χ2n) is 5.57. The van der Waals surface area contributed by atoms with Crippen molar-refractivity contribution in [2.24, 2.45) is 0 Å². The summed E-state index contributed by atoms with van der Waals surface area (Å²) in [6, 6.07) is 13.8. The first-order chi connectivity index (χ1) is 12.5. The second-order valence-corrected chi connectivity index (χ2v) is 7.25. The maximum atomic E-state index is 12.6. The molecule has 0 spiro atoms. The van der Waals surface area contributed by atoms with E-state index in [1.54, 1.807) is 48.8 Å². The molecule has 4 rings (SSSR count). The van der Waals surface area contributed by atoms with Crippen LogP contribution in [0.15, 0.2) is 72.0 Å². The standard InChI is InChI=1S/C17H14N6O2S/c18-17-20-16-7-6-12(11-23(16)21-17)13-8-15(10-19-9-13)26(24,25)22-14-4-2-1-3-5-14/h1-11,22H,(H2,18,21). The van der Waals surface area contributed by atoms with Crippen molar-refractivity contribution in [3.63, 3.8) is 0 Å². The lowest BCUT2D eigenvalue weighted by atomic mass is 10.1. The zero-order valence-corrected chi connectivity index (χ0v) is 14.3. The lowest BCUT2D eigenvalue weighted by Gasteiger charge is -2.09. The number of nitrogens with two attached hydrogens (primary N) is 1. The van der Waals surface area contributed by atoms with E-state index < -0.39 is 10.0 Å². The van der Waals surface area contributed by atoms with Gasteiger partial charge in [-0.1, -0.05) is 18.2 Å². The number of pyridine rings is 2. The minimum absolute atomic E-state index is 0.0667. The van der Waals surface area contributed by atoms with Crippen LogP contribution >= 0.6 is 0 Å². The van der Waals surface area contributed by atoms with Crippen molar-refractivity contribution in [2.75, 3.05) is 10.5 Å². The molecule has 0 aliphatic heterocycles. The van der Waals surface area contributed by atoms with Crippen molar-refractivity contribution >= 4 is 27.3 Å². The Morgan fingerprint density at radius 2 is 1.81 bits per heavy atom. The Labute approximate surface area is 149 Å². The number of aromatic nitrogens is 4. The molecular formula is C17H14N6O2S. The second kappa shape index (κ2) is 6.12. The molecule has 0 saturated heterocycles. The summed E-state index contributed by atoms with van der Waals surface area (Å²) in [6.07, 6.45) is 4.61. The molecule has 26 heavy (non-hydrogen) atoms. The summed E-state index contributed by atoms with van der Waals surface area (Å²) in [5.74, 6) is 0.170. The molecule has 0 radical (unpaired) electrons. The Morgan fingerprint density at radius 1 is 1.00 bits per heavy atom. The largest absolute Gasteiger partial charge is 0.366 e. The van der Waals surface area contributed by atoms with Gasteiger partial charge in [0.25, 0.3) is 10.0 Å². The highest BCUT2D eigenvalue weighted by Gasteiger charge is 2.16. The number of para-hydroxylation sites is 1. The molecule has 3 aromatic heterocycles. The van der Waals surface area contributed by atoms with Gasteiger partial charge in [-0.05, 0) is 30.3 Å². The normalized spacial score (nSPS) is 11.5. The van der Waals surface area contributed by atoms with Crippen LogP contribution in [0.3, 0.4) is 0 Å². The molecule has 0 aliphatic rings. The quantitative estimate of drug-likeness (QED) is 0.572. The Kier molecular flexibility index (Phi) is 3.77. The zero-order chi connectivity index (χ0) is 18.1. The predicted octanol–water partition coefficient (Wildman–Crippen LogP) is 2.17. The molecule has 3 N–H and O–H groups in total. The van der Waals surface area contributed by atoms with Crippen LogP contribution in [0.2, 0.25) is 0 Å². The molecule has 0 unspecified atom stereocenters. The highest BCUT2D eigenvalue weighted by atomic mass is 32.2. The van der Waals surface area contributed by atoms with Crippen LogP contribution in [-0.2, 0) is 10.0 Å². The van der Waals surface area contributed by atoms with E-state index in [4.69, 9.17) is 5.73 Å². The maximum absolute atomic E-state index is 12.6. The molecular weight excluding hydrogens is 352 g/mol. The Bertz CT molecular complexity index is 1190. The van der Waals surface area contributed by atoms with Gasteiger partial charge < -0.3 is 5.73 Å². The van der Waals surface area contributed by atoms with Crippen molar-refractivity contribution in [1.82, 2.24) is 19.6 Å². The Hall–Kier alpha value is -3.46. The van der Waals surface area contributed by atoms with Gasteiger partial charge in [-0.3, -0.25) is 9.71 Å². The topological polar surface area (TPSA) is 115 Å². The van der Waals surface area contributed by atoms with Crippen molar-refractivity contribution in [3.05, 3.63) is 67.1 Å². The number of nitrogens with zero attached hydrogens (tertiary/aromatic N) is 4. The van der Waals surface area contributed by atoms with Crippen molar-refractivity contribution in [2.45, 2.75) is 4.90 Å². The fraction of sp³-hybridized carbons (Fsp3) is 0. The van der Waals surface area contributed by atoms with Crippen LogP contribution < -0.4 is 10.5 Å². The first-order valence-corrected chi connectivity index (χ1v) is 9.15. The zero-order valence-electron chi connectivity index (χ0n) is 13.4. The number of rotatable bonds is 4. The number of nitrogen functional groups attached to an aromatic ring is 1. The fourth-order valence-corrected chi connectivity index (χ4v) is 3.56. The van der Waals surface area contributed by atoms with E-state index >= 15 is 0 Å². The molecule has 1 aromatic carbocycles. The summed E-state index contributed by atoms with van der Waals surface area (Å²) in [4.78, 5) is 8.19. The van der Waals surface area contributed by atoms with Gasteiger partial charge in [-0.2, -0.15) is 4.98 Å². The van der Waals surface area contributed by atoms with Gasteiger partial charge in [0.15, 0.2) is 5.65 Å². The highest BCUT2D eigenvalue weighted by Crippen LogP contribution is 2.23. The van der Waals surface area contributed by atoms with E-state index in [-0.39, 0.29) is 10.8 Å². The number of fused-ring (bicyclic) bond motifs is 1. The van der Waals surface area contributed by atoms with Crippen LogP contribution in [0.1, 0.15) is 0 Å². The number of sulfonamides is 1. The summed E-state index contributed by atoms with van der Waals surface area (Å²) in [5, 5.41) is 4.06. The fourth-order valence-electron chi connectivity index (χ4n) is 2.51. The summed E-state index contributed by atoms with van der Waals surface area (Å²) < 4.78 is 29.3. The lowest BCUT2D eigenvalue weighted by molar-refractivity contribution is 0.601. The van der Waals surface area contributed by atoms with Crippen molar-refractivity contribution in [3.8, 4) is 11.1 Å². The first-order valence-electron chi connectivity index (χ1n) is 7.66. The van der Waals surface area contributed by atoms with Crippen LogP contribution in [-0.4, -0.2) is 28.0 Å². The van der Waals surface area contributed by atoms with E-state index in [1.807, 2.05) is 12.1 Å². The average Bonchev–Trinajstić information content (AvgIpc) is 3.01. The molecule has 0 fully saturated rings. The average molecular weight is 366 g/mol. The van der Waals surface area contributed by atoms with Crippen LogP contribution in [0.25, 0.3) is 16.8 Å². The van der Waals surface area contributed by atoms with E-state index in [2.05, 4.69) is 19.8 Å². The van der Waals surface area contributed by atoms with Crippen molar-refractivity contribution < 1.29 is 8.42 Å². The molecule has 130 valence electrons. The molecule has 0 saturated carbocycles. The number of nitrogens with one attached hydrogen (secondary N) is 1. The number of benzene rings is 1. The lowest BCUT2D eigenvalue weighted by Crippen LogP contribution is -2.13. The molecule has 4 aromatic rings. The minimum atomic E-state index is -3.75. The number of anilines is 2. The third-order valence-corrected chi connectivity index (χ3v) is 5.08. The molecule has 9 heteroatoms. The SMILES string of the molecule is Nc1nc2ccc(-c3cncc(S(=O)(=O)Nc4ccccc4)c3)cn2n1. The molecule has 0 amide bonds. The third kappa shape index (κ3) is 3.07. The van der Waals surface area contributed by atoms with Crippen molar-refractivity contribution in [1.29, 1.82) is 0 Å². The number of hydrogen-bond donors (Lipinski definition) is 2. The molecule has 3 heterocycles. The molecule has 0 bridgehead atoms. The highest BCUT2D eigenvalue weighted by molar-refractivity contribution is 7.92. The minimum Gasteiger partial charge on any atom is -0.366 e. The Balaban J connectivity index is 1.71. The van der Waals surface area contributed by atoms with Crippen LogP contribution in [0.4, 0.5) is 11.6 Å². The number of hydrogen-bond acceptors (Lipinski definition) is 6.